The summed E-state index contributed by atoms with van der Waals surface area (Å²) in [6.07, 6.45) is 0.321. The van der Waals surface area contributed by atoms with Gasteiger partial charge >= 0.3 is 5.97 Å². The number of carbonyl (C=O) groups excluding carboxylic acids is 1. The van der Waals surface area contributed by atoms with Crippen molar-refractivity contribution in [2.45, 2.75) is 26.2 Å². The van der Waals surface area contributed by atoms with Crippen molar-refractivity contribution >= 4 is 11.8 Å². The second-order valence-electron chi connectivity index (χ2n) is 5.65. The third kappa shape index (κ3) is 3.42. The summed E-state index contributed by atoms with van der Waals surface area (Å²) in [4.78, 5) is 24.4. The molecule has 0 fully saturated rings. The molecule has 6 heteroatoms. The van der Waals surface area contributed by atoms with Crippen LogP contribution < -0.4 is 4.74 Å². The van der Waals surface area contributed by atoms with E-state index in [0.717, 1.165) is 6.07 Å². The summed E-state index contributed by atoms with van der Waals surface area (Å²) in [7, 11) is 1.50. The predicted octanol–water partition coefficient (Wildman–Crippen LogP) is 3.09. The first-order valence-electron chi connectivity index (χ1n) is 7.81. The van der Waals surface area contributed by atoms with Crippen LogP contribution in [0.1, 0.15) is 46.8 Å². The molecule has 0 aliphatic rings. The lowest BCUT2D eigenvalue weighted by atomic mass is 9.85. The number of carboxylic acids is 1. The second kappa shape index (κ2) is 7.25. The Labute approximate surface area is 145 Å². The fraction of sp³-hybridized carbons (Fsp3) is 0.263. The van der Waals surface area contributed by atoms with Gasteiger partial charge in [-0.05, 0) is 48.7 Å². The van der Waals surface area contributed by atoms with E-state index in [1.54, 1.807) is 19.1 Å². The topological polar surface area (TPSA) is 104 Å². The molecule has 1 atom stereocenters. The molecule has 0 aliphatic heterocycles. The van der Waals surface area contributed by atoms with Gasteiger partial charge in [-0.25, -0.2) is 0 Å². The second-order valence-corrected chi connectivity index (χ2v) is 5.65. The molecule has 0 spiro atoms. The number of carboxylic acid groups (broad SMARTS) is 1. The minimum Gasteiger partial charge on any atom is -0.508 e. The third-order valence-corrected chi connectivity index (χ3v) is 4.17. The van der Waals surface area contributed by atoms with Crippen molar-refractivity contribution in [2.24, 2.45) is 0 Å². The van der Waals surface area contributed by atoms with Gasteiger partial charge in [-0.15, -0.1) is 0 Å². The van der Waals surface area contributed by atoms with Gasteiger partial charge in [-0.1, -0.05) is 6.92 Å². The van der Waals surface area contributed by atoms with Gasteiger partial charge in [0.2, 0.25) is 0 Å². The molecule has 0 aromatic heterocycles. The molecule has 2 aromatic carbocycles. The Morgan fingerprint density at radius 3 is 2.20 bits per heavy atom. The van der Waals surface area contributed by atoms with E-state index in [9.17, 15) is 24.9 Å². The molecule has 0 bridgehead atoms. The van der Waals surface area contributed by atoms with Gasteiger partial charge in [-0.3, -0.25) is 9.59 Å². The van der Waals surface area contributed by atoms with Crippen LogP contribution >= 0.6 is 0 Å². The number of ether oxygens (including phenoxy) is 1. The standard InChI is InChI=1S/C19H20O6/c1-4-13-14(20)9-15(21)17(16(13)10(2)19(23)24)18(22)11-5-7-12(25-3)8-6-11/h5-10,20-21H,4H2,1-3H3,(H,23,24). The Morgan fingerprint density at radius 1 is 1.12 bits per heavy atom. The van der Waals surface area contributed by atoms with E-state index in [1.807, 2.05) is 0 Å². The SMILES string of the molecule is CCc1c(O)cc(O)c(C(=O)c2ccc(OC)cc2)c1C(C)C(=O)O. The molecule has 0 saturated carbocycles. The van der Waals surface area contributed by atoms with Crippen LogP contribution in [0.4, 0.5) is 0 Å². The van der Waals surface area contributed by atoms with E-state index in [4.69, 9.17) is 4.74 Å². The first-order valence-corrected chi connectivity index (χ1v) is 7.81. The van der Waals surface area contributed by atoms with Gasteiger partial charge in [0.1, 0.15) is 17.2 Å². The summed E-state index contributed by atoms with van der Waals surface area (Å²) in [5.74, 6) is -2.83. The molecule has 2 aromatic rings. The summed E-state index contributed by atoms with van der Waals surface area (Å²) in [5.41, 5.74) is 0.648. The summed E-state index contributed by atoms with van der Waals surface area (Å²) in [6.45, 7) is 3.16. The van der Waals surface area contributed by atoms with E-state index in [-0.39, 0.29) is 22.4 Å². The van der Waals surface area contributed by atoms with Crippen LogP contribution in [-0.2, 0) is 11.2 Å². The van der Waals surface area contributed by atoms with E-state index >= 15 is 0 Å². The highest BCUT2D eigenvalue weighted by molar-refractivity contribution is 6.12. The number of hydrogen-bond acceptors (Lipinski definition) is 5. The van der Waals surface area contributed by atoms with Gasteiger partial charge in [-0.2, -0.15) is 0 Å². The predicted molar refractivity (Wildman–Crippen MR) is 91.6 cm³/mol. The molecule has 0 heterocycles. The number of carbonyl (C=O) groups is 2. The average Bonchev–Trinajstić information content (AvgIpc) is 2.60. The van der Waals surface area contributed by atoms with Gasteiger partial charge in [0.05, 0.1) is 18.6 Å². The summed E-state index contributed by atoms with van der Waals surface area (Å²) >= 11 is 0. The fourth-order valence-electron chi connectivity index (χ4n) is 2.81. The monoisotopic (exact) mass is 344 g/mol. The molecule has 6 nitrogen and oxygen atoms in total. The van der Waals surface area contributed by atoms with Crippen LogP contribution in [0.15, 0.2) is 30.3 Å². The molecule has 25 heavy (non-hydrogen) atoms. The molecule has 0 aliphatic carbocycles. The molecule has 132 valence electrons. The Bertz CT molecular complexity index is 808. The number of ketones is 1. The zero-order valence-electron chi connectivity index (χ0n) is 14.2. The van der Waals surface area contributed by atoms with E-state index in [2.05, 4.69) is 0 Å². The number of benzene rings is 2. The Hall–Kier alpha value is -3.02. The molecule has 2 rings (SSSR count). The minimum absolute atomic E-state index is 0.102. The lowest BCUT2D eigenvalue weighted by molar-refractivity contribution is -0.138. The number of rotatable bonds is 6. The Kier molecular flexibility index (Phi) is 5.32. The number of phenolic OH excluding ortho intramolecular Hbond substituents is 2. The van der Waals surface area contributed by atoms with Crippen LogP contribution in [0.3, 0.4) is 0 Å². The smallest absolute Gasteiger partial charge is 0.310 e. The first-order chi connectivity index (χ1) is 11.8. The summed E-state index contributed by atoms with van der Waals surface area (Å²) in [5, 5.41) is 29.7. The number of phenols is 2. The number of aliphatic carboxylic acids is 1. The summed E-state index contributed by atoms with van der Waals surface area (Å²) < 4.78 is 5.05. The Balaban J connectivity index is 2.69. The van der Waals surface area contributed by atoms with Crippen molar-refractivity contribution in [1.29, 1.82) is 0 Å². The quantitative estimate of drug-likeness (QED) is 0.696. The van der Waals surface area contributed by atoms with Crippen molar-refractivity contribution in [3.8, 4) is 17.2 Å². The molecule has 0 radical (unpaired) electrons. The Morgan fingerprint density at radius 2 is 1.72 bits per heavy atom. The maximum absolute atomic E-state index is 12.9. The van der Waals surface area contributed by atoms with E-state index in [1.165, 1.54) is 26.2 Å². The highest BCUT2D eigenvalue weighted by Crippen LogP contribution is 2.38. The van der Waals surface area contributed by atoms with Gasteiger partial charge in [0, 0.05) is 11.6 Å². The number of aromatic hydroxyl groups is 2. The highest BCUT2D eigenvalue weighted by atomic mass is 16.5. The number of hydrogen-bond donors (Lipinski definition) is 3. The van der Waals surface area contributed by atoms with Gasteiger partial charge < -0.3 is 20.1 Å². The van der Waals surface area contributed by atoms with Crippen LogP contribution in [0.25, 0.3) is 0 Å². The zero-order chi connectivity index (χ0) is 18.7. The van der Waals surface area contributed by atoms with Crippen molar-refractivity contribution in [3.63, 3.8) is 0 Å². The van der Waals surface area contributed by atoms with E-state index in [0.29, 0.717) is 17.7 Å². The van der Waals surface area contributed by atoms with Crippen LogP contribution in [0.5, 0.6) is 17.2 Å². The fourth-order valence-corrected chi connectivity index (χ4v) is 2.81. The van der Waals surface area contributed by atoms with Crippen LogP contribution in [0.2, 0.25) is 0 Å². The maximum Gasteiger partial charge on any atom is 0.310 e. The van der Waals surface area contributed by atoms with Gasteiger partial charge in [0.25, 0.3) is 0 Å². The largest absolute Gasteiger partial charge is 0.508 e. The van der Waals surface area contributed by atoms with Crippen LogP contribution in [-0.4, -0.2) is 34.2 Å². The van der Waals surface area contributed by atoms with Gasteiger partial charge in [0.15, 0.2) is 5.78 Å². The lowest BCUT2D eigenvalue weighted by Crippen LogP contribution is -2.16. The molecular formula is C19H20O6. The average molecular weight is 344 g/mol. The minimum atomic E-state index is -1.15. The molecule has 1 unspecified atom stereocenters. The number of methoxy groups -OCH3 is 1. The van der Waals surface area contributed by atoms with Crippen molar-refractivity contribution in [2.75, 3.05) is 7.11 Å². The van der Waals surface area contributed by atoms with Crippen LogP contribution in [0, 0.1) is 0 Å². The molecule has 0 amide bonds. The summed E-state index contributed by atoms with van der Waals surface area (Å²) in [6, 6.07) is 7.35. The van der Waals surface area contributed by atoms with Crippen molar-refractivity contribution in [3.05, 3.63) is 52.6 Å². The lowest BCUT2D eigenvalue weighted by Gasteiger charge is -2.19. The van der Waals surface area contributed by atoms with Crippen molar-refractivity contribution < 1.29 is 29.6 Å². The van der Waals surface area contributed by atoms with Crippen molar-refractivity contribution in [1.82, 2.24) is 0 Å². The molecule has 0 saturated heterocycles. The van der Waals surface area contributed by atoms with E-state index < -0.39 is 23.4 Å². The molecule has 3 N–H and O–H groups in total. The third-order valence-electron chi connectivity index (χ3n) is 4.17. The molecular weight excluding hydrogens is 324 g/mol. The first kappa shape index (κ1) is 18.3. The zero-order valence-corrected chi connectivity index (χ0v) is 14.2. The highest BCUT2D eigenvalue weighted by Gasteiger charge is 2.29. The normalized spacial score (nSPS) is 11.8. The maximum atomic E-state index is 12.9.